The molecule has 0 aromatic heterocycles. The molecule has 1 aromatic carbocycles. The summed E-state index contributed by atoms with van der Waals surface area (Å²) in [6.07, 6.45) is 0. The van der Waals surface area contributed by atoms with Crippen LogP contribution in [0.2, 0.25) is 0 Å². The minimum absolute atomic E-state index is 0.0419. The lowest BCUT2D eigenvalue weighted by atomic mass is 10.0. The van der Waals surface area contributed by atoms with E-state index in [9.17, 15) is 18.4 Å². The Hall–Kier alpha value is -1.98. The summed E-state index contributed by atoms with van der Waals surface area (Å²) in [6.45, 7) is 2.52. The van der Waals surface area contributed by atoms with Crippen LogP contribution in [0.25, 0.3) is 0 Å². The molecule has 4 nitrogen and oxygen atoms in total. The number of ether oxygens (including phenoxy) is 1. The number of rotatable bonds is 5. The number of hydrogen-bond donors (Lipinski definition) is 1. The second-order valence-corrected chi connectivity index (χ2v) is 3.87. The molecule has 0 heterocycles. The Bertz CT molecular complexity index is 448. The van der Waals surface area contributed by atoms with E-state index in [1.54, 1.807) is 6.07 Å². The topological polar surface area (TPSA) is 55.4 Å². The molecule has 1 atom stereocenters. The first-order chi connectivity index (χ1) is 8.89. The Labute approximate surface area is 109 Å². The molecule has 0 saturated carbocycles. The molecule has 0 radical (unpaired) electrons. The molecule has 1 rings (SSSR count). The molecule has 0 aliphatic carbocycles. The first-order valence-corrected chi connectivity index (χ1v) is 5.76. The van der Waals surface area contributed by atoms with E-state index < -0.39 is 23.8 Å². The van der Waals surface area contributed by atoms with Crippen molar-refractivity contribution in [1.82, 2.24) is 5.32 Å². The molecule has 0 spiro atoms. The molecule has 1 amide bonds. The number of halogens is 2. The maximum absolute atomic E-state index is 14.2. The Morgan fingerprint density at radius 2 is 1.89 bits per heavy atom. The van der Waals surface area contributed by atoms with Gasteiger partial charge in [-0.25, -0.2) is 4.79 Å². The lowest BCUT2D eigenvalue weighted by Gasteiger charge is -2.25. The molecule has 0 saturated heterocycles. The number of benzene rings is 1. The predicted molar refractivity (Wildman–Crippen MR) is 64.6 cm³/mol. The van der Waals surface area contributed by atoms with Gasteiger partial charge in [-0.05, 0) is 6.92 Å². The zero-order valence-electron chi connectivity index (χ0n) is 10.7. The Morgan fingerprint density at radius 1 is 1.32 bits per heavy atom. The standard InChI is InChI=1S/C13H15F2NO3/c1-3-19-12(18)11(16-9(2)17)13(14,15)10-7-5-4-6-8-10/h4-8,11H,3H2,1-2H3,(H,16,17). The molecule has 0 fully saturated rings. The number of carbonyl (C=O) groups is 2. The van der Waals surface area contributed by atoms with Crippen molar-refractivity contribution in [3.63, 3.8) is 0 Å². The average molecular weight is 271 g/mol. The van der Waals surface area contributed by atoms with Crippen LogP contribution < -0.4 is 5.32 Å². The van der Waals surface area contributed by atoms with Crippen LogP contribution in [0.15, 0.2) is 30.3 Å². The lowest BCUT2D eigenvalue weighted by Crippen LogP contribution is -2.51. The first kappa shape index (κ1) is 15.1. The molecule has 104 valence electrons. The van der Waals surface area contributed by atoms with E-state index in [4.69, 9.17) is 0 Å². The highest BCUT2D eigenvalue weighted by atomic mass is 19.3. The zero-order valence-corrected chi connectivity index (χ0v) is 10.7. The van der Waals surface area contributed by atoms with E-state index in [-0.39, 0.29) is 12.2 Å². The second-order valence-electron chi connectivity index (χ2n) is 3.87. The first-order valence-electron chi connectivity index (χ1n) is 5.76. The highest BCUT2D eigenvalue weighted by molar-refractivity contribution is 5.84. The summed E-state index contributed by atoms with van der Waals surface area (Å²) in [5, 5.41) is 1.94. The normalized spacial score (nSPS) is 12.6. The van der Waals surface area contributed by atoms with Gasteiger partial charge in [0.25, 0.3) is 0 Å². The summed E-state index contributed by atoms with van der Waals surface area (Å²) >= 11 is 0. The van der Waals surface area contributed by atoms with Crippen LogP contribution in [-0.4, -0.2) is 24.5 Å². The van der Waals surface area contributed by atoms with Gasteiger partial charge in [-0.2, -0.15) is 8.78 Å². The van der Waals surface area contributed by atoms with Crippen molar-refractivity contribution in [2.75, 3.05) is 6.61 Å². The van der Waals surface area contributed by atoms with Crippen LogP contribution in [0.1, 0.15) is 19.4 Å². The van der Waals surface area contributed by atoms with E-state index in [2.05, 4.69) is 4.74 Å². The lowest BCUT2D eigenvalue weighted by molar-refractivity contribution is -0.160. The minimum atomic E-state index is -3.54. The van der Waals surface area contributed by atoms with Gasteiger partial charge in [0.05, 0.1) is 6.61 Å². The molecule has 0 aliphatic heterocycles. The molecule has 0 aliphatic rings. The van der Waals surface area contributed by atoms with Gasteiger partial charge in [0.2, 0.25) is 5.91 Å². The van der Waals surface area contributed by atoms with E-state index in [1.807, 2.05) is 5.32 Å². The third-order valence-corrected chi connectivity index (χ3v) is 2.39. The molecular weight excluding hydrogens is 256 g/mol. The number of alkyl halides is 2. The average Bonchev–Trinajstić information content (AvgIpc) is 2.37. The van der Waals surface area contributed by atoms with E-state index in [0.29, 0.717) is 0 Å². The van der Waals surface area contributed by atoms with Crippen molar-refractivity contribution in [2.24, 2.45) is 0 Å². The molecule has 1 N–H and O–H groups in total. The maximum Gasteiger partial charge on any atom is 0.335 e. The summed E-state index contributed by atoms with van der Waals surface area (Å²) in [5.74, 6) is -5.43. The largest absolute Gasteiger partial charge is 0.464 e. The third-order valence-electron chi connectivity index (χ3n) is 2.39. The number of hydrogen-bond acceptors (Lipinski definition) is 3. The fourth-order valence-corrected chi connectivity index (χ4v) is 1.55. The van der Waals surface area contributed by atoms with Crippen molar-refractivity contribution >= 4 is 11.9 Å². The molecule has 19 heavy (non-hydrogen) atoms. The fraction of sp³-hybridized carbons (Fsp3) is 0.385. The van der Waals surface area contributed by atoms with Crippen LogP contribution in [-0.2, 0) is 20.2 Å². The van der Waals surface area contributed by atoms with E-state index in [0.717, 1.165) is 6.92 Å². The van der Waals surface area contributed by atoms with Crippen LogP contribution in [0, 0.1) is 0 Å². The zero-order chi connectivity index (χ0) is 14.5. The van der Waals surface area contributed by atoms with Gasteiger partial charge in [-0.1, -0.05) is 30.3 Å². The maximum atomic E-state index is 14.2. The summed E-state index contributed by atoms with van der Waals surface area (Å²) in [4.78, 5) is 22.6. The summed E-state index contributed by atoms with van der Waals surface area (Å²) in [6, 6.07) is 4.78. The Balaban J connectivity index is 3.08. The molecule has 1 aromatic rings. The Morgan fingerprint density at radius 3 is 2.37 bits per heavy atom. The summed E-state index contributed by atoms with van der Waals surface area (Å²) in [5.41, 5.74) is -0.359. The monoisotopic (exact) mass is 271 g/mol. The van der Waals surface area contributed by atoms with Crippen LogP contribution in [0.3, 0.4) is 0 Å². The van der Waals surface area contributed by atoms with Gasteiger partial charge in [0.1, 0.15) is 0 Å². The van der Waals surface area contributed by atoms with Gasteiger partial charge >= 0.3 is 11.9 Å². The number of carbonyl (C=O) groups excluding carboxylic acids is 2. The molecular formula is C13H15F2NO3. The summed E-state index contributed by atoms with van der Waals surface area (Å²) in [7, 11) is 0. The Kier molecular flexibility index (Phi) is 4.97. The van der Waals surface area contributed by atoms with E-state index in [1.165, 1.54) is 31.2 Å². The van der Waals surface area contributed by atoms with Crippen molar-refractivity contribution < 1.29 is 23.1 Å². The number of nitrogens with one attached hydrogen (secondary N) is 1. The molecule has 0 bridgehead atoms. The number of amides is 1. The highest BCUT2D eigenvalue weighted by Crippen LogP contribution is 2.32. The van der Waals surface area contributed by atoms with Gasteiger partial charge in [-0.3, -0.25) is 4.79 Å². The van der Waals surface area contributed by atoms with Crippen molar-refractivity contribution in [3.05, 3.63) is 35.9 Å². The minimum Gasteiger partial charge on any atom is -0.464 e. The van der Waals surface area contributed by atoms with Gasteiger partial charge < -0.3 is 10.1 Å². The van der Waals surface area contributed by atoms with Gasteiger partial charge in [0.15, 0.2) is 6.04 Å². The quantitative estimate of drug-likeness (QED) is 0.831. The van der Waals surface area contributed by atoms with Crippen molar-refractivity contribution in [3.8, 4) is 0 Å². The second kappa shape index (κ2) is 6.26. The van der Waals surface area contributed by atoms with Crippen LogP contribution in [0.4, 0.5) is 8.78 Å². The van der Waals surface area contributed by atoms with Crippen LogP contribution in [0.5, 0.6) is 0 Å². The van der Waals surface area contributed by atoms with E-state index >= 15 is 0 Å². The van der Waals surface area contributed by atoms with Crippen LogP contribution >= 0.6 is 0 Å². The highest BCUT2D eigenvalue weighted by Gasteiger charge is 2.47. The SMILES string of the molecule is CCOC(=O)C(NC(C)=O)C(F)(F)c1ccccc1. The fourth-order valence-electron chi connectivity index (χ4n) is 1.55. The predicted octanol–water partition coefficient (Wildman–Crippen LogP) is 1.85. The number of esters is 1. The smallest absolute Gasteiger partial charge is 0.335 e. The summed E-state index contributed by atoms with van der Waals surface area (Å²) < 4.78 is 33.1. The molecule has 1 unspecified atom stereocenters. The van der Waals surface area contributed by atoms with Crippen molar-refractivity contribution in [2.45, 2.75) is 25.8 Å². The van der Waals surface area contributed by atoms with Crippen molar-refractivity contribution in [1.29, 1.82) is 0 Å². The molecule has 6 heteroatoms. The van der Waals surface area contributed by atoms with Gasteiger partial charge in [0, 0.05) is 12.5 Å². The van der Waals surface area contributed by atoms with Gasteiger partial charge in [-0.15, -0.1) is 0 Å². The third kappa shape index (κ3) is 3.74.